The standard InChI is InChI=1S/C4H9NO/c5-3-4-1-2-6-4/h4H,1-3,5H2. The molecule has 0 aliphatic carbocycles. The maximum absolute atomic E-state index is 5.21. The second-order valence-corrected chi connectivity index (χ2v) is 1.52. The SMILES string of the molecule is NCC1CCO1. The van der Waals surface area contributed by atoms with E-state index in [-0.39, 0.29) is 0 Å². The summed E-state index contributed by atoms with van der Waals surface area (Å²) in [7, 11) is 0. The summed E-state index contributed by atoms with van der Waals surface area (Å²) in [6.07, 6.45) is 1.56. The molecular formula is C4H9NO. The highest BCUT2D eigenvalue weighted by molar-refractivity contribution is 4.65. The average Bonchev–Trinajstić information content (AvgIpc) is 1.31. The normalized spacial score (nSPS) is 32.5. The van der Waals surface area contributed by atoms with E-state index in [4.69, 9.17) is 10.5 Å². The summed E-state index contributed by atoms with van der Waals surface area (Å²) in [5, 5.41) is 0. The Labute approximate surface area is 37.3 Å². The molecule has 1 atom stereocenters. The second-order valence-electron chi connectivity index (χ2n) is 1.52. The fraction of sp³-hybridized carbons (Fsp3) is 1.00. The van der Waals surface area contributed by atoms with Crippen LogP contribution in [0.4, 0.5) is 0 Å². The number of nitrogens with two attached hydrogens (primary N) is 1. The van der Waals surface area contributed by atoms with Gasteiger partial charge in [-0.1, -0.05) is 0 Å². The Bertz CT molecular complexity index is 40.1. The molecule has 6 heavy (non-hydrogen) atoms. The van der Waals surface area contributed by atoms with Gasteiger partial charge >= 0.3 is 0 Å². The van der Waals surface area contributed by atoms with Gasteiger partial charge in [-0.2, -0.15) is 0 Å². The first-order chi connectivity index (χ1) is 2.93. The Balaban J connectivity index is 2.01. The lowest BCUT2D eigenvalue weighted by atomic mass is 10.2. The zero-order valence-electron chi connectivity index (χ0n) is 3.68. The lowest BCUT2D eigenvalue weighted by Gasteiger charge is -2.24. The molecule has 0 aromatic carbocycles. The molecule has 0 aromatic heterocycles. The van der Waals surface area contributed by atoms with Crippen molar-refractivity contribution in [3.63, 3.8) is 0 Å². The third-order valence-electron chi connectivity index (χ3n) is 1.06. The highest BCUT2D eigenvalue weighted by Crippen LogP contribution is 2.07. The Hall–Kier alpha value is -0.0800. The number of hydrogen-bond donors (Lipinski definition) is 1. The van der Waals surface area contributed by atoms with E-state index in [1.54, 1.807) is 0 Å². The number of rotatable bonds is 1. The molecule has 1 saturated heterocycles. The molecular weight excluding hydrogens is 78.0 g/mol. The Morgan fingerprint density at radius 1 is 1.83 bits per heavy atom. The molecule has 1 aliphatic heterocycles. The van der Waals surface area contributed by atoms with Crippen molar-refractivity contribution in [1.29, 1.82) is 0 Å². The molecule has 2 nitrogen and oxygen atoms in total. The van der Waals surface area contributed by atoms with Gasteiger partial charge in [0.2, 0.25) is 0 Å². The molecule has 2 heteroatoms. The molecule has 1 heterocycles. The zero-order valence-corrected chi connectivity index (χ0v) is 3.68. The fourth-order valence-corrected chi connectivity index (χ4v) is 0.470. The number of hydrogen-bond acceptors (Lipinski definition) is 2. The minimum Gasteiger partial charge on any atom is -0.377 e. The van der Waals surface area contributed by atoms with Crippen LogP contribution in [-0.4, -0.2) is 19.3 Å². The van der Waals surface area contributed by atoms with E-state index in [0.29, 0.717) is 12.6 Å². The van der Waals surface area contributed by atoms with Crippen LogP contribution in [-0.2, 0) is 4.74 Å². The summed E-state index contributed by atoms with van der Waals surface area (Å²) in [4.78, 5) is 0. The van der Waals surface area contributed by atoms with Crippen molar-refractivity contribution < 1.29 is 4.74 Å². The van der Waals surface area contributed by atoms with Gasteiger partial charge in [-0.15, -0.1) is 0 Å². The summed E-state index contributed by atoms with van der Waals surface area (Å²) < 4.78 is 4.95. The highest BCUT2D eigenvalue weighted by atomic mass is 16.5. The Morgan fingerprint density at radius 2 is 2.50 bits per heavy atom. The summed E-state index contributed by atoms with van der Waals surface area (Å²) in [6.45, 7) is 1.61. The highest BCUT2D eigenvalue weighted by Gasteiger charge is 2.14. The van der Waals surface area contributed by atoms with Gasteiger partial charge in [-0.25, -0.2) is 0 Å². The molecule has 36 valence electrons. The van der Waals surface area contributed by atoms with Crippen LogP contribution in [0.25, 0.3) is 0 Å². The van der Waals surface area contributed by atoms with E-state index in [1.807, 2.05) is 0 Å². The maximum atomic E-state index is 5.21. The summed E-state index contributed by atoms with van der Waals surface area (Å²) >= 11 is 0. The smallest absolute Gasteiger partial charge is 0.0719 e. The van der Waals surface area contributed by atoms with Crippen molar-refractivity contribution in [2.75, 3.05) is 13.2 Å². The third kappa shape index (κ3) is 0.533. The lowest BCUT2D eigenvalue weighted by Crippen LogP contribution is -2.33. The Morgan fingerprint density at radius 3 is 2.50 bits per heavy atom. The summed E-state index contributed by atoms with van der Waals surface area (Å²) in [5.74, 6) is 0. The maximum Gasteiger partial charge on any atom is 0.0719 e. The first-order valence-corrected chi connectivity index (χ1v) is 2.25. The van der Waals surface area contributed by atoms with Gasteiger partial charge in [-0.05, 0) is 6.42 Å². The van der Waals surface area contributed by atoms with Crippen molar-refractivity contribution in [2.45, 2.75) is 12.5 Å². The van der Waals surface area contributed by atoms with E-state index in [2.05, 4.69) is 0 Å². The van der Waals surface area contributed by atoms with Crippen molar-refractivity contribution in [2.24, 2.45) is 5.73 Å². The molecule has 0 radical (unpaired) electrons. The third-order valence-corrected chi connectivity index (χ3v) is 1.06. The molecule has 1 rings (SSSR count). The molecule has 0 aromatic rings. The van der Waals surface area contributed by atoms with Crippen LogP contribution < -0.4 is 5.73 Å². The van der Waals surface area contributed by atoms with Gasteiger partial charge < -0.3 is 10.5 Å². The monoisotopic (exact) mass is 87.1 g/mol. The quantitative estimate of drug-likeness (QED) is 0.478. The first kappa shape index (κ1) is 4.09. The molecule has 0 saturated carbocycles. The largest absolute Gasteiger partial charge is 0.377 e. The molecule has 1 aliphatic rings. The van der Waals surface area contributed by atoms with Gasteiger partial charge in [-0.3, -0.25) is 0 Å². The predicted octanol–water partition coefficient (Wildman–Crippen LogP) is -0.266. The molecule has 0 bridgehead atoms. The van der Waals surface area contributed by atoms with Crippen LogP contribution in [0, 0.1) is 0 Å². The van der Waals surface area contributed by atoms with Crippen LogP contribution in [0.3, 0.4) is 0 Å². The summed E-state index contributed by atoms with van der Waals surface area (Å²) in [5.41, 5.74) is 5.21. The number of ether oxygens (including phenoxy) is 1. The van der Waals surface area contributed by atoms with E-state index >= 15 is 0 Å². The Kier molecular flexibility index (Phi) is 1.08. The molecule has 0 amide bonds. The molecule has 1 fully saturated rings. The average molecular weight is 87.1 g/mol. The second kappa shape index (κ2) is 1.58. The summed E-state index contributed by atoms with van der Waals surface area (Å²) in [6, 6.07) is 0. The first-order valence-electron chi connectivity index (χ1n) is 2.25. The van der Waals surface area contributed by atoms with E-state index in [0.717, 1.165) is 13.0 Å². The zero-order chi connectivity index (χ0) is 4.41. The van der Waals surface area contributed by atoms with Crippen molar-refractivity contribution >= 4 is 0 Å². The van der Waals surface area contributed by atoms with Crippen molar-refractivity contribution in [3.05, 3.63) is 0 Å². The van der Waals surface area contributed by atoms with Crippen molar-refractivity contribution in [3.8, 4) is 0 Å². The lowest BCUT2D eigenvalue weighted by molar-refractivity contribution is -0.0435. The topological polar surface area (TPSA) is 35.2 Å². The van der Waals surface area contributed by atoms with Crippen LogP contribution in [0.15, 0.2) is 0 Å². The van der Waals surface area contributed by atoms with Crippen molar-refractivity contribution in [1.82, 2.24) is 0 Å². The van der Waals surface area contributed by atoms with E-state index in [9.17, 15) is 0 Å². The van der Waals surface area contributed by atoms with Gasteiger partial charge in [0.05, 0.1) is 6.10 Å². The van der Waals surface area contributed by atoms with Crippen LogP contribution in [0.2, 0.25) is 0 Å². The van der Waals surface area contributed by atoms with Crippen LogP contribution >= 0.6 is 0 Å². The van der Waals surface area contributed by atoms with Gasteiger partial charge in [0.15, 0.2) is 0 Å². The van der Waals surface area contributed by atoms with E-state index in [1.165, 1.54) is 0 Å². The minimum absolute atomic E-state index is 0.394. The van der Waals surface area contributed by atoms with E-state index < -0.39 is 0 Å². The van der Waals surface area contributed by atoms with Crippen LogP contribution in [0.5, 0.6) is 0 Å². The molecule has 2 N–H and O–H groups in total. The molecule has 0 spiro atoms. The van der Waals surface area contributed by atoms with Crippen LogP contribution in [0.1, 0.15) is 6.42 Å². The molecule has 1 unspecified atom stereocenters. The predicted molar refractivity (Wildman–Crippen MR) is 23.4 cm³/mol. The minimum atomic E-state index is 0.394. The van der Waals surface area contributed by atoms with Gasteiger partial charge in [0.1, 0.15) is 0 Å². The fourth-order valence-electron chi connectivity index (χ4n) is 0.470. The van der Waals surface area contributed by atoms with Gasteiger partial charge in [0, 0.05) is 13.2 Å². The van der Waals surface area contributed by atoms with Gasteiger partial charge in [0.25, 0.3) is 0 Å².